The second-order valence-corrected chi connectivity index (χ2v) is 6.05. The Morgan fingerprint density at radius 3 is 2.64 bits per heavy atom. The van der Waals surface area contributed by atoms with E-state index in [0.717, 1.165) is 32.3 Å². The lowest BCUT2D eigenvalue weighted by molar-refractivity contribution is -0.136. The van der Waals surface area contributed by atoms with Crippen LogP contribution in [0.1, 0.15) is 10.4 Å². The Balaban J connectivity index is 2.10. The molecule has 2 heterocycles. The Bertz CT molecular complexity index is 813. The lowest BCUT2D eigenvalue weighted by Crippen LogP contribution is -1.99. The molecule has 0 bridgehead atoms. The summed E-state index contributed by atoms with van der Waals surface area (Å²) in [6.45, 7) is 2.03. The summed E-state index contributed by atoms with van der Waals surface area (Å²) in [4.78, 5) is 20.5. The van der Waals surface area contributed by atoms with Gasteiger partial charge in [-0.3, -0.25) is 9.78 Å². The van der Waals surface area contributed by atoms with Crippen LogP contribution in [-0.4, -0.2) is 21.0 Å². The normalized spacial score (nSPS) is 10.6. The van der Waals surface area contributed by atoms with Crippen LogP contribution in [0, 0.1) is 6.92 Å². The van der Waals surface area contributed by atoms with E-state index < -0.39 is 5.97 Å². The number of thiazole rings is 1. The third-order valence-electron chi connectivity index (χ3n) is 3.23. The fourth-order valence-electron chi connectivity index (χ4n) is 2.25. The molecule has 0 aliphatic heterocycles. The number of carboxylic acid groups (broad SMARTS) is 1. The summed E-state index contributed by atoms with van der Waals surface area (Å²) < 4.78 is 0. The first-order chi connectivity index (χ1) is 10.6. The van der Waals surface area contributed by atoms with Crippen molar-refractivity contribution < 1.29 is 9.90 Å². The minimum absolute atomic E-state index is 0.0266. The molecule has 3 rings (SSSR count). The summed E-state index contributed by atoms with van der Waals surface area (Å²) in [6, 6.07) is 11.8. The predicted octanol–water partition coefficient (Wildman–Crippen LogP) is 3.81. The largest absolute Gasteiger partial charge is 0.481 e. The molecule has 0 saturated heterocycles. The Kier molecular flexibility index (Phi) is 3.98. The van der Waals surface area contributed by atoms with Gasteiger partial charge in [0.15, 0.2) is 0 Å². The van der Waals surface area contributed by atoms with Crippen molar-refractivity contribution in [3.8, 4) is 21.8 Å². The van der Waals surface area contributed by atoms with Crippen LogP contribution in [0.4, 0.5) is 0 Å². The Morgan fingerprint density at radius 2 is 1.95 bits per heavy atom. The number of benzene rings is 1. The van der Waals surface area contributed by atoms with E-state index in [1.165, 1.54) is 11.3 Å². The van der Waals surface area contributed by atoms with E-state index in [2.05, 4.69) is 16.0 Å². The summed E-state index contributed by atoms with van der Waals surface area (Å²) >= 11 is 1.43. The summed E-state index contributed by atoms with van der Waals surface area (Å²) in [6.07, 6.45) is 3.35. The molecule has 0 amide bonds. The van der Waals surface area contributed by atoms with Crippen LogP contribution in [0.5, 0.6) is 0 Å². The Labute approximate surface area is 132 Å². The standard InChI is InChI=1S/C17H14N2O2S/c1-11-3-2-4-13(9-11)17-19-16(12-5-7-18-8-6-12)14(22-17)10-15(20)21/h2-9H,10H2,1H3,(H,20,21). The van der Waals surface area contributed by atoms with E-state index in [1.54, 1.807) is 12.4 Å². The second-order valence-electron chi connectivity index (χ2n) is 4.97. The number of aryl methyl sites for hydroxylation is 1. The third kappa shape index (κ3) is 3.04. The van der Waals surface area contributed by atoms with E-state index in [0.29, 0.717) is 0 Å². The summed E-state index contributed by atoms with van der Waals surface area (Å²) in [7, 11) is 0. The molecule has 0 aliphatic carbocycles. The summed E-state index contributed by atoms with van der Waals surface area (Å²) in [5.41, 5.74) is 3.78. The highest BCUT2D eigenvalue weighted by Gasteiger charge is 2.16. The maximum Gasteiger partial charge on any atom is 0.308 e. The molecule has 110 valence electrons. The average Bonchev–Trinajstić information content (AvgIpc) is 2.91. The molecule has 1 aromatic carbocycles. The SMILES string of the molecule is Cc1cccc(-c2nc(-c3ccncc3)c(CC(=O)O)s2)c1. The first kappa shape index (κ1) is 14.4. The van der Waals surface area contributed by atoms with Gasteiger partial charge in [0.2, 0.25) is 0 Å². The second kappa shape index (κ2) is 6.07. The Morgan fingerprint density at radius 1 is 1.18 bits per heavy atom. The molecule has 5 heteroatoms. The molecule has 4 nitrogen and oxygen atoms in total. The first-order valence-corrected chi connectivity index (χ1v) is 7.64. The third-order valence-corrected chi connectivity index (χ3v) is 4.33. The molecule has 0 spiro atoms. The van der Waals surface area contributed by atoms with Crippen molar-refractivity contribution in [1.82, 2.24) is 9.97 Å². The van der Waals surface area contributed by atoms with Gasteiger partial charge in [0.05, 0.1) is 12.1 Å². The Hall–Kier alpha value is -2.53. The smallest absolute Gasteiger partial charge is 0.308 e. The molecule has 0 unspecified atom stereocenters. The molecule has 0 aliphatic rings. The molecular formula is C17H14N2O2S. The molecule has 1 N–H and O–H groups in total. The van der Waals surface area contributed by atoms with Crippen LogP contribution < -0.4 is 0 Å². The van der Waals surface area contributed by atoms with Crippen LogP contribution in [0.2, 0.25) is 0 Å². The van der Waals surface area contributed by atoms with Gasteiger partial charge in [-0.05, 0) is 25.1 Å². The highest BCUT2D eigenvalue weighted by molar-refractivity contribution is 7.15. The molecule has 22 heavy (non-hydrogen) atoms. The number of hydrogen-bond acceptors (Lipinski definition) is 4. The number of nitrogens with zero attached hydrogens (tertiary/aromatic N) is 2. The molecular weight excluding hydrogens is 296 g/mol. The number of carbonyl (C=O) groups is 1. The molecule has 2 aromatic heterocycles. The van der Waals surface area contributed by atoms with Crippen molar-refractivity contribution in [3.05, 3.63) is 59.2 Å². The van der Waals surface area contributed by atoms with Gasteiger partial charge in [-0.15, -0.1) is 11.3 Å². The van der Waals surface area contributed by atoms with Gasteiger partial charge in [-0.25, -0.2) is 4.98 Å². The zero-order valence-electron chi connectivity index (χ0n) is 12.0. The van der Waals surface area contributed by atoms with Crippen LogP contribution >= 0.6 is 11.3 Å². The van der Waals surface area contributed by atoms with Crippen LogP contribution in [0.25, 0.3) is 21.8 Å². The highest BCUT2D eigenvalue weighted by atomic mass is 32.1. The van der Waals surface area contributed by atoms with E-state index in [9.17, 15) is 4.79 Å². The van der Waals surface area contributed by atoms with Gasteiger partial charge in [-0.2, -0.15) is 0 Å². The van der Waals surface area contributed by atoms with Crippen molar-refractivity contribution >= 4 is 17.3 Å². The van der Waals surface area contributed by atoms with Crippen LogP contribution in [0.15, 0.2) is 48.8 Å². The van der Waals surface area contributed by atoms with Gasteiger partial charge in [-0.1, -0.05) is 23.8 Å². The molecule has 3 aromatic rings. The van der Waals surface area contributed by atoms with Gasteiger partial charge in [0.25, 0.3) is 0 Å². The minimum Gasteiger partial charge on any atom is -0.481 e. The topological polar surface area (TPSA) is 63.1 Å². The fourth-order valence-corrected chi connectivity index (χ4v) is 3.32. The number of pyridine rings is 1. The van der Waals surface area contributed by atoms with Gasteiger partial charge in [0.1, 0.15) is 5.01 Å². The van der Waals surface area contributed by atoms with Gasteiger partial charge >= 0.3 is 5.97 Å². The van der Waals surface area contributed by atoms with E-state index in [4.69, 9.17) is 5.11 Å². The number of hydrogen-bond donors (Lipinski definition) is 1. The zero-order valence-corrected chi connectivity index (χ0v) is 12.8. The first-order valence-electron chi connectivity index (χ1n) is 6.82. The summed E-state index contributed by atoms with van der Waals surface area (Å²) in [5, 5.41) is 9.97. The van der Waals surface area contributed by atoms with Crippen molar-refractivity contribution in [2.24, 2.45) is 0 Å². The number of aromatic nitrogens is 2. The molecule has 0 radical (unpaired) electrons. The van der Waals surface area contributed by atoms with Crippen molar-refractivity contribution in [2.45, 2.75) is 13.3 Å². The number of aliphatic carboxylic acids is 1. The molecule has 0 fully saturated rings. The van der Waals surface area contributed by atoms with Crippen LogP contribution in [0.3, 0.4) is 0 Å². The monoisotopic (exact) mass is 310 g/mol. The lowest BCUT2D eigenvalue weighted by atomic mass is 10.1. The van der Waals surface area contributed by atoms with E-state index >= 15 is 0 Å². The maximum absolute atomic E-state index is 11.1. The maximum atomic E-state index is 11.1. The van der Waals surface area contributed by atoms with Crippen molar-refractivity contribution in [3.63, 3.8) is 0 Å². The van der Waals surface area contributed by atoms with E-state index in [-0.39, 0.29) is 6.42 Å². The number of carboxylic acids is 1. The van der Waals surface area contributed by atoms with Crippen LogP contribution in [-0.2, 0) is 11.2 Å². The lowest BCUT2D eigenvalue weighted by Gasteiger charge is -1.99. The predicted molar refractivity (Wildman–Crippen MR) is 86.9 cm³/mol. The highest BCUT2D eigenvalue weighted by Crippen LogP contribution is 2.34. The quantitative estimate of drug-likeness (QED) is 0.796. The molecule has 0 saturated carbocycles. The number of rotatable bonds is 4. The van der Waals surface area contributed by atoms with E-state index in [1.807, 2.05) is 37.3 Å². The fraction of sp³-hybridized carbons (Fsp3) is 0.118. The molecule has 0 atom stereocenters. The minimum atomic E-state index is -0.852. The van der Waals surface area contributed by atoms with Gasteiger partial charge in [0, 0.05) is 28.4 Å². The van der Waals surface area contributed by atoms with Crippen molar-refractivity contribution in [2.75, 3.05) is 0 Å². The van der Waals surface area contributed by atoms with Crippen molar-refractivity contribution in [1.29, 1.82) is 0 Å². The average molecular weight is 310 g/mol. The zero-order chi connectivity index (χ0) is 15.5. The summed E-state index contributed by atoms with van der Waals surface area (Å²) in [5.74, 6) is -0.852. The van der Waals surface area contributed by atoms with Gasteiger partial charge < -0.3 is 5.11 Å².